The Balaban J connectivity index is 1.84. The molecule has 3 rings (SSSR count). The number of hydrogen-bond donors (Lipinski definition) is 0. The van der Waals surface area contributed by atoms with Gasteiger partial charge in [0, 0.05) is 22.7 Å². The number of carbonyl (C=O) groups excluding carboxylic acids is 1. The van der Waals surface area contributed by atoms with Gasteiger partial charge < -0.3 is 4.90 Å². The minimum Gasteiger partial charge on any atom is -0.334 e. The van der Waals surface area contributed by atoms with E-state index in [1.165, 1.54) is 16.9 Å². The number of halogens is 6. The number of alkyl halides is 3. The predicted octanol–water partition coefficient (Wildman–Crippen LogP) is 3.97. The van der Waals surface area contributed by atoms with Crippen LogP contribution < -0.4 is 5.06 Å². The van der Waals surface area contributed by atoms with Crippen LogP contribution in [0.5, 0.6) is 0 Å². The van der Waals surface area contributed by atoms with E-state index in [4.69, 9.17) is 4.84 Å². The SMILES string of the molecule is Cc1nc(N2CCN(C(=O)c3cc(F)c(F)cc3I)C[C@H](C)O2)cc(C(F)(F)F)n1. The van der Waals surface area contributed by atoms with Crippen molar-refractivity contribution in [2.45, 2.75) is 26.1 Å². The van der Waals surface area contributed by atoms with Crippen LogP contribution in [-0.2, 0) is 11.0 Å². The van der Waals surface area contributed by atoms with Gasteiger partial charge in [0.2, 0.25) is 0 Å². The molecule has 0 N–H and O–H groups in total. The van der Waals surface area contributed by atoms with Crippen LogP contribution in [0.2, 0.25) is 0 Å². The minimum absolute atomic E-state index is 0.00705. The van der Waals surface area contributed by atoms with Gasteiger partial charge in [-0.1, -0.05) is 0 Å². The van der Waals surface area contributed by atoms with Crippen LogP contribution in [0, 0.1) is 22.1 Å². The van der Waals surface area contributed by atoms with Crippen LogP contribution in [0.1, 0.15) is 28.8 Å². The Labute approximate surface area is 182 Å². The summed E-state index contributed by atoms with van der Waals surface area (Å²) in [4.78, 5) is 27.3. The summed E-state index contributed by atoms with van der Waals surface area (Å²) >= 11 is 1.74. The van der Waals surface area contributed by atoms with Gasteiger partial charge in [0.1, 0.15) is 17.6 Å². The zero-order valence-corrected chi connectivity index (χ0v) is 18.0. The molecule has 1 fully saturated rings. The summed E-state index contributed by atoms with van der Waals surface area (Å²) in [7, 11) is 0. The summed E-state index contributed by atoms with van der Waals surface area (Å²) in [6, 6.07) is 2.53. The molecule has 162 valence electrons. The average molecular weight is 542 g/mol. The summed E-state index contributed by atoms with van der Waals surface area (Å²) in [5.41, 5.74) is -1.11. The molecule has 1 amide bonds. The number of hydroxylamine groups is 1. The molecule has 0 saturated carbocycles. The van der Waals surface area contributed by atoms with Crippen molar-refractivity contribution in [2.75, 3.05) is 24.7 Å². The Morgan fingerprint density at radius 2 is 1.83 bits per heavy atom. The van der Waals surface area contributed by atoms with Crippen molar-refractivity contribution >= 4 is 34.3 Å². The van der Waals surface area contributed by atoms with Crippen LogP contribution in [0.25, 0.3) is 0 Å². The smallest absolute Gasteiger partial charge is 0.334 e. The van der Waals surface area contributed by atoms with E-state index < -0.39 is 35.5 Å². The maximum Gasteiger partial charge on any atom is 0.433 e. The predicted molar refractivity (Wildman–Crippen MR) is 105 cm³/mol. The lowest BCUT2D eigenvalue weighted by Gasteiger charge is -2.23. The molecule has 30 heavy (non-hydrogen) atoms. The van der Waals surface area contributed by atoms with Crippen molar-refractivity contribution in [3.05, 3.63) is 50.5 Å². The Morgan fingerprint density at radius 3 is 2.50 bits per heavy atom. The minimum atomic E-state index is -4.65. The lowest BCUT2D eigenvalue weighted by Crippen LogP contribution is -2.37. The first-order valence-electron chi connectivity index (χ1n) is 8.76. The molecule has 0 spiro atoms. The number of rotatable bonds is 2. The van der Waals surface area contributed by atoms with E-state index in [2.05, 4.69) is 9.97 Å². The number of benzene rings is 1. The number of aromatic nitrogens is 2. The number of nitrogens with zero attached hydrogens (tertiary/aromatic N) is 4. The second-order valence-corrected chi connectivity index (χ2v) is 7.83. The highest BCUT2D eigenvalue weighted by molar-refractivity contribution is 14.1. The lowest BCUT2D eigenvalue weighted by atomic mass is 10.1. The Hall–Kier alpha value is -2.09. The molecule has 6 nitrogen and oxygen atoms in total. The standard InChI is InChI=1S/C18H16F5IN4O2/c1-9-8-27(17(29)11-5-12(19)13(20)6-14(11)24)3-4-28(30-9)16-7-15(18(21,22)23)25-10(2)26-16/h5-7,9H,3-4,8H2,1-2H3/t9-/m0/s1. The van der Waals surface area contributed by atoms with Crippen LogP contribution in [0.4, 0.5) is 27.8 Å². The van der Waals surface area contributed by atoms with Crippen molar-refractivity contribution in [1.82, 2.24) is 14.9 Å². The van der Waals surface area contributed by atoms with Gasteiger partial charge >= 0.3 is 6.18 Å². The topological polar surface area (TPSA) is 58.6 Å². The van der Waals surface area contributed by atoms with Crippen molar-refractivity contribution in [2.24, 2.45) is 0 Å². The lowest BCUT2D eigenvalue weighted by molar-refractivity contribution is -0.141. The van der Waals surface area contributed by atoms with Gasteiger partial charge in [-0.15, -0.1) is 0 Å². The molecule has 2 aromatic rings. The van der Waals surface area contributed by atoms with Crippen molar-refractivity contribution in [3.63, 3.8) is 0 Å². The second kappa shape index (κ2) is 8.57. The fraction of sp³-hybridized carbons (Fsp3) is 0.389. The first-order valence-corrected chi connectivity index (χ1v) is 9.84. The molecule has 1 aromatic heterocycles. The fourth-order valence-corrected chi connectivity index (χ4v) is 3.61. The van der Waals surface area contributed by atoms with Crippen LogP contribution >= 0.6 is 22.6 Å². The molecular weight excluding hydrogens is 526 g/mol. The van der Waals surface area contributed by atoms with Gasteiger partial charge in [0.15, 0.2) is 17.5 Å². The fourth-order valence-electron chi connectivity index (χ4n) is 2.95. The van der Waals surface area contributed by atoms with E-state index in [0.29, 0.717) is 0 Å². The Kier molecular flexibility index (Phi) is 6.45. The normalized spacial score (nSPS) is 17.8. The first-order chi connectivity index (χ1) is 14.0. The third-order valence-electron chi connectivity index (χ3n) is 4.26. The van der Waals surface area contributed by atoms with E-state index in [0.717, 1.165) is 18.2 Å². The molecule has 2 heterocycles. The molecular formula is C18H16F5IN4O2. The van der Waals surface area contributed by atoms with E-state index in [-0.39, 0.29) is 40.4 Å². The molecule has 1 aliphatic rings. The van der Waals surface area contributed by atoms with Gasteiger partial charge in [-0.05, 0) is 48.6 Å². The summed E-state index contributed by atoms with van der Waals surface area (Å²) in [5, 5.41) is 1.18. The highest BCUT2D eigenvalue weighted by Crippen LogP contribution is 2.30. The average Bonchev–Trinajstić information content (AvgIpc) is 2.84. The van der Waals surface area contributed by atoms with Crippen molar-refractivity contribution < 1.29 is 31.6 Å². The third-order valence-corrected chi connectivity index (χ3v) is 5.15. The van der Waals surface area contributed by atoms with E-state index in [9.17, 15) is 26.7 Å². The van der Waals surface area contributed by atoms with Crippen molar-refractivity contribution in [3.8, 4) is 0 Å². The van der Waals surface area contributed by atoms with Gasteiger partial charge in [0.25, 0.3) is 5.91 Å². The zero-order valence-electron chi connectivity index (χ0n) is 15.8. The molecule has 0 unspecified atom stereocenters. The van der Waals surface area contributed by atoms with Crippen molar-refractivity contribution in [1.29, 1.82) is 0 Å². The molecule has 0 radical (unpaired) electrons. The maximum absolute atomic E-state index is 13.6. The Bertz CT molecular complexity index is 972. The number of aryl methyl sites for hydroxylation is 1. The number of hydrogen-bond acceptors (Lipinski definition) is 5. The summed E-state index contributed by atoms with van der Waals surface area (Å²) in [6.07, 6.45) is -5.24. The molecule has 1 aromatic carbocycles. The highest BCUT2D eigenvalue weighted by Gasteiger charge is 2.35. The van der Waals surface area contributed by atoms with E-state index in [1.807, 2.05) is 0 Å². The highest BCUT2D eigenvalue weighted by atomic mass is 127. The maximum atomic E-state index is 13.6. The monoisotopic (exact) mass is 542 g/mol. The van der Waals surface area contributed by atoms with Crippen LogP contribution in [0.15, 0.2) is 18.2 Å². The number of carbonyl (C=O) groups is 1. The largest absolute Gasteiger partial charge is 0.433 e. The second-order valence-electron chi connectivity index (χ2n) is 6.67. The molecule has 0 aliphatic carbocycles. The van der Waals surface area contributed by atoms with Gasteiger partial charge in [0.05, 0.1) is 12.1 Å². The third kappa shape index (κ3) is 4.96. The van der Waals surface area contributed by atoms with Crippen LogP contribution in [-0.4, -0.2) is 46.5 Å². The molecule has 1 saturated heterocycles. The van der Waals surface area contributed by atoms with E-state index >= 15 is 0 Å². The van der Waals surface area contributed by atoms with Gasteiger partial charge in [-0.3, -0.25) is 9.63 Å². The van der Waals surface area contributed by atoms with Gasteiger partial charge in [-0.25, -0.2) is 23.8 Å². The zero-order chi connectivity index (χ0) is 22.2. The molecule has 1 atom stereocenters. The molecule has 1 aliphatic heterocycles. The van der Waals surface area contributed by atoms with Crippen LogP contribution in [0.3, 0.4) is 0 Å². The quantitative estimate of drug-likeness (QED) is 0.327. The Morgan fingerprint density at radius 1 is 1.17 bits per heavy atom. The molecule has 0 bridgehead atoms. The number of amides is 1. The molecule has 12 heteroatoms. The summed E-state index contributed by atoms with van der Waals surface area (Å²) in [6.45, 7) is 3.15. The summed E-state index contributed by atoms with van der Waals surface area (Å²) in [5.74, 6) is -2.90. The number of anilines is 1. The van der Waals surface area contributed by atoms with Gasteiger partial charge in [-0.2, -0.15) is 13.2 Å². The first kappa shape index (κ1) is 22.6. The van der Waals surface area contributed by atoms with E-state index in [1.54, 1.807) is 29.5 Å². The summed E-state index contributed by atoms with van der Waals surface area (Å²) < 4.78 is 66.4.